The summed E-state index contributed by atoms with van der Waals surface area (Å²) >= 11 is 9.12. The third-order valence-electron chi connectivity index (χ3n) is 3.09. The summed E-state index contributed by atoms with van der Waals surface area (Å²) in [6, 6.07) is 11.6. The van der Waals surface area contributed by atoms with Crippen molar-refractivity contribution in [3.8, 4) is 5.75 Å². The summed E-state index contributed by atoms with van der Waals surface area (Å²) in [5, 5.41) is 16.5. The predicted octanol–water partition coefficient (Wildman–Crippen LogP) is 3.68. The Morgan fingerprint density at radius 1 is 1.12 bits per heavy atom. The summed E-state index contributed by atoms with van der Waals surface area (Å²) < 4.78 is 0.911. The van der Waals surface area contributed by atoms with Crippen molar-refractivity contribution in [3.63, 3.8) is 0 Å². The summed E-state index contributed by atoms with van der Waals surface area (Å²) in [7, 11) is 0. The van der Waals surface area contributed by atoms with Crippen LogP contribution in [0.3, 0.4) is 0 Å². The lowest BCUT2D eigenvalue weighted by Gasteiger charge is -2.05. The molecule has 2 aromatic rings. The van der Waals surface area contributed by atoms with Crippen molar-refractivity contribution in [3.05, 3.63) is 57.5 Å². The standard InChI is InChI=1S/C17H15BrClN3O3/c18-12-1-4-14(5-2-12)21-16(24)7-8-17(25)22-20-10-11-9-13(19)3-6-15(11)23/h1-6,9-10,23H,7-8H2,(H,21,24)(H,22,25)/b20-10+. The van der Waals surface area contributed by atoms with E-state index >= 15 is 0 Å². The fourth-order valence-electron chi connectivity index (χ4n) is 1.84. The number of benzene rings is 2. The van der Waals surface area contributed by atoms with Crippen LogP contribution in [-0.4, -0.2) is 23.1 Å². The molecule has 0 radical (unpaired) electrons. The molecule has 0 saturated heterocycles. The molecule has 8 heteroatoms. The summed E-state index contributed by atoms with van der Waals surface area (Å²) in [6.45, 7) is 0. The number of rotatable bonds is 6. The molecule has 0 aliphatic carbocycles. The number of anilines is 1. The molecule has 6 nitrogen and oxygen atoms in total. The Hall–Kier alpha value is -2.38. The highest BCUT2D eigenvalue weighted by atomic mass is 79.9. The van der Waals surface area contributed by atoms with Gasteiger partial charge in [0.05, 0.1) is 6.21 Å². The SMILES string of the molecule is O=C(CCC(=O)Nc1ccc(Br)cc1)N/N=C/c1cc(Cl)ccc1O. The van der Waals surface area contributed by atoms with Gasteiger partial charge in [-0.25, -0.2) is 5.43 Å². The van der Waals surface area contributed by atoms with Gasteiger partial charge in [0.1, 0.15) is 5.75 Å². The molecule has 0 saturated carbocycles. The molecule has 3 N–H and O–H groups in total. The molecule has 0 unspecified atom stereocenters. The number of aromatic hydroxyl groups is 1. The molecule has 0 aliphatic heterocycles. The smallest absolute Gasteiger partial charge is 0.240 e. The van der Waals surface area contributed by atoms with Gasteiger partial charge in [-0.2, -0.15) is 5.10 Å². The van der Waals surface area contributed by atoms with Crippen molar-refractivity contribution in [2.45, 2.75) is 12.8 Å². The monoisotopic (exact) mass is 423 g/mol. The lowest BCUT2D eigenvalue weighted by molar-refractivity contribution is -0.124. The Labute approximate surface area is 158 Å². The third kappa shape index (κ3) is 6.56. The highest BCUT2D eigenvalue weighted by molar-refractivity contribution is 9.10. The Morgan fingerprint density at radius 2 is 1.80 bits per heavy atom. The lowest BCUT2D eigenvalue weighted by Crippen LogP contribution is -2.20. The number of carbonyl (C=O) groups is 2. The van der Waals surface area contributed by atoms with Gasteiger partial charge >= 0.3 is 0 Å². The first kappa shape index (κ1) is 19.0. The normalized spacial score (nSPS) is 10.6. The molecule has 0 aromatic heterocycles. The first-order valence-corrected chi connectivity index (χ1v) is 8.47. The summed E-state index contributed by atoms with van der Waals surface area (Å²) in [5.41, 5.74) is 3.33. The zero-order valence-corrected chi connectivity index (χ0v) is 15.3. The van der Waals surface area contributed by atoms with Crippen molar-refractivity contribution in [1.82, 2.24) is 5.43 Å². The first-order chi connectivity index (χ1) is 11.9. The molecule has 130 valence electrons. The lowest BCUT2D eigenvalue weighted by atomic mass is 10.2. The molecule has 0 heterocycles. The molecule has 0 fully saturated rings. The Kier molecular flexibility index (Phi) is 6.97. The molecule has 0 bridgehead atoms. The van der Waals surface area contributed by atoms with Crippen LogP contribution in [0.15, 0.2) is 52.0 Å². The number of nitrogens with zero attached hydrogens (tertiary/aromatic N) is 1. The number of amides is 2. The molecule has 2 rings (SSSR count). The highest BCUT2D eigenvalue weighted by Gasteiger charge is 2.07. The van der Waals surface area contributed by atoms with Crippen LogP contribution in [0.2, 0.25) is 5.02 Å². The minimum Gasteiger partial charge on any atom is -0.507 e. The van der Waals surface area contributed by atoms with Gasteiger partial charge in [0.25, 0.3) is 0 Å². The Bertz CT molecular complexity index is 794. The van der Waals surface area contributed by atoms with Crippen LogP contribution in [0.4, 0.5) is 5.69 Å². The number of phenols is 1. The largest absolute Gasteiger partial charge is 0.507 e. The van der Waals surface area contributed by atoms with Crippen LogP contribution >= 0.6 is 27.5 Å². The number of carbonyl (C=O) groups excluding carboxylic acids is 2. The maximum absolute atomic E-state index is 11.8. The fourth-order valence-corrected chi connectivity index (χ4v) is 2.29. The van der Waals surface area contributed by atoms with E-state index in [9.17, 15) is 14.7 Å². The van der Waals surface area contributed by atoms with Gasteiger partial charge in [0.15, 0.2) is 0 Å². The predicted molar refractivity (Wildman–Crippen MR) is 101 cm³/mol. The average Bonchev–Trinajstić information content (AvgIpc) is 2.58. The van der Waals surface area contributed by atoms with E-state index in [2.05, 4.69) is 31.8 Å². The van der Waals surface area contributed by atoms with E-state index in [0.29, 0.717) is 16.3 Å². The van der Waals surface area contributed by atoms with Crippen LogP contribution in [0.1, 0.15) is 18.4 Å². The Balaban J connectivity index is 1.76. The first-order valence-electron chi connectivity index (χ1n) is 7.30. The fraction of sp³-hybridized carbons (Fsp3) is 0.118. The molecule has 25 heavy (non-hydrogen) atoms. The zero-order valence-electron chi connectivity index (χ0n) is 13.0. The second kappa shape index (κ2) is 9.19. The van der Waals surface area contributed by atoms with Crippen molar-refractivity contribution in [2.24, 2.45) is 5.10 Å². The van der Waals surface area contributed by atoms with Gasteiger partial charge in [-0.3, -0.25) is 9.59 Å². The number of halogens is 2. The van der Waals surface area contributed by atoms with Crippen molar-refractivity contribution < 1.29 is 14.7 Å². The van der Waals surface area contributed by atoms with Crippen molar-refractivity contribution in [1.29, 1.82) is 0 Å². The van der Waals surface area contributed by atoms with Gasteiger partial charge in [-0.15, -0.1) is 0 Å². The number of hydrazone groups is 1. The van der Waals surface area contributed by atoms with Crippen LogP contribution < -0.4 is 10.7 Å². The molecule has 0 aliphatic rings. The minimum atomic E-state index is -0.413. The number of hydrogen-bond donors (Lipinski definition) is 3. The molecule has 2 amide bonds. The van der Waals surface area contributed by atoms with Crippen molar-refractivity contribution >= 4 is 51.2 Å². The number of phenolic OH excluding ortho intramolecular Hbond substituents is 1. The van der Waals surface area contributed by atoms with E-state index in [1.165, 1.54) is 24.4 Å². The molecule has 0 atom stereocenters. The van der Waals surface area contributed by atoms with E-state index in [1.54, 1.807) is 12.1 Å². The second-order valence-corrected chi connectivity index (χ2v) is 6.40. The highest BCUT2D eigenvalue weighted by Crippen LogP contribution is 2.19. The summed E-state index contributed by atoms with van der Waals surface area (Å²) in [4.78, 5) is 23.5. The van der Waals surface area contributed by atoms with Crippen molar-refractivity contribution in [2.75, 3.05) is 5.32 Å². The zero-order chi connectivity index (χ0) is 18.2. The van der Waals surface area contributed by atoms with Gasteiger partial charge < -0.3 is 10.4 Å². The minimum absolute atomic E-state index is 0.00345. The van der Waals surface area contributed by atoms with Crippen LogP contribution in [0.5, 0.6) is 5.75 Å². The van der Waals surface area contributed by atoms with Gasteiger partial charge in [0.2, 0.25) is 11.8 Å². The van der Waals surface area contributed by atoms with Crippen LogP contribution in [0, 0.1) is 0 Å². The second-order valence-electron chi connectivity index (χ2n) is 5.05. The molecular formula is C17H15BrClN3O3. The van der Waals surface area contributed by atoms with E-state index in [4.69, 9.17) is 11.6 Å². The van der Waals surface area contributed by atoms with Gasteiger partial charge in [-0.1, -0.05) is 27.5 Å². The maximum Gasteiger partial charge on any atom is 0.240 e. The van der Waals surface area contributed by atoms with E-state index < -0.39 is 5.91 Å². The summed E-state index contributed by atoms with van der Waals surface area (Å²) in [6.07, 6.45) is 1.29. The Morgan fingerprint density at radius 3 is 2.52 bits per heavy atom. The van der Waals surface area contributed by atoms with E-state index in [-0.39, 0.29) is 24.5 Å². The van der Waals surface area contributed by atoms with Gasteiger partial charge in [0, 0.05) is 33.6 Å². The van der Waals surface area contributed by atoms with E-state index in [1.807, 2.05) is 12.1 Å². The number of hydrogen-bond acceptors (Lipinski definition) is 4. The third-order valence-corrected chi connectivity index (χ3v) is 3.85. The summed E-state index contributed by atoms with van der Waals surface area (Å²) in [5.74, 6) is -0.686. The topological polar surface area (TPSA) is 90.8 Å². The van der Waals surface area contributed by atoms with Crippen LogP contribution in [-0.2, 0) is 9.59 Å². The molecule has 2 aromatic carbocycles. The molecular weight excluding hydrogens is 410 g/mol. The number of nitrogens with one attached hydrogen (secondary N) is 2. The maximum atomic E-state index is 11.8. The molecule has 0 spiro atoms. The average molecular weight is 425 g/mol. The van der Waals surface area contributed by atoms with E-state index in [0.717, 1.165) is 4.47 Å². The van der Waals surface area contributed by atoms with Crippen LogP contribution in [0.25, 0.3) is 0 Å². The van der Waals surface area contributed by atoms with Gasteiger partial charge in [-0.05, 0) is 42.5 Å². The quantitative estimate of drug-likeness (QED) is 0.488.